The highest BCUT2D eigenvalue weighted by molar-refractivity contribution is 9.10. The van der Waals surface area contributed by atoms with Crippen molar-refractivity contribution in [3.05, 3.63) is 26.4 Å². The van der Waals surface area contributed by atoms with Gasteiger partial charge >= 0.3 is 12.3 Å². The van der Waals surface area contributed by atoms with Crippen molar-refractivity contribution in [2.24, 2.45) is 0 Å². The minimum Gasteiger partial charge on any atom is -0.449 e. The largest absolute Gasteiger partial charge is 0.450 e. The lowest BCUT2D eigenvalue weighted by atomic mass is 10.3. The van der Waals surface area contributed by atoms with Crippen molar-refractivity contribution in [3.63, 3.8) is 0 Å². The van der Waals surface area contributed by atoms with Gasteiger partial charge in [-0.25, -0.2) is 14.3 Å². The molecule has 0 fully saturated rings. The number of hydrogen-bond donors (Lipinski definition) is 0. The molecule has 0 saturated carbocycles. The molecule has 21 heavy (non-hydrogen) atoms. The van der Waals surface area contributed by atoms with E-state index >= 15 is 0 Å². The molecule has 0 spiro atoms. The molecule has 0 aliphatic carbocycles. The van der Waals surface area contributed by atoms with Gasteiger partial charge in [-0.05, 0) is 28.9 Å². The molecule has 0 aliphatic heterocycles. The number of aromatic nitrogens is 2. The first-order valence-corrected chi connectivity index (χ1v) is 7.03. The third kappa shape index (κ3) is 2.84. The first-order valence-electron chi connectivity index (χ1n) is 5.48. The SMILES string of the molecule is CCOC(=O)n1c(C(F)(F)F)nc2c(Cl)c(Cl)c(Br)cc21. The highest BCUT2D eigenvalue weighted by Crippen LogP contribution is 2.39. The Bertz CT molecular complexity index is 731. The number of alkyl halides is 3. The molecule has 2 aromatic rings. The summed E-state index contributed by atoms with van der Waals surface area (Å²) in [6.45, 7) is 1.39. The average Bonchev–Trinajstić information content (AvgIpc) is 2.75. The van der Waals surface area contributed by atoms with Gasteiger partial charge in [0.05, 0.1) is 22.2 Å². The number of fused-ring (bicyclic) bond motifs is 1. The number of carbonyl (C=O) groups excluding carboxylic acids is 1. The predicted octanol–water partition coefficient (Wildman–Crippen LogP) is 5.13. The minimum atomic E-state index is -4.85. The summed E-state index contributed by atoms with van der Waals surface area (Å²) in [4.78, 5) is 15.2. The monoisotopic (exact) mass is 404 g/mol. The Kier molecular flexibility index (Phi) is 4.41. The molecule has 0 atom stereocenters. The quantitative estimate of drug-likeness (QED) is 0.618. The molecule has 0 N–H and O–H groups in total. The Hall–Kier alpha value is -0.990. The lowest BCUT2D eigenvalue weighted by Gasteiger charge is -2.09. The normalized spacial score (nSPS) is 12.0. The first kappa shape index (κ1) is 16.4. The van der Waals surface area contributed by atoms with E-state index in [0.29, 0.717) is 4.57 Å². The summed E-state index contributed by atoms with van der Waals surface area (Å²) >= 11 is 14.8. The first-order chi connectivity index (χ1) is 9.68. The number of rotatable bonds is 1. The summed E-state index contributed by atoms with van der Waals surface area (Å²) in [7, 11) is 0. The molecule has 1 heterocycles. The van der Waals surface area contributed by atoms with Gasteiger partial charge in [0.2, 0.25) is 5.82 Å². The standard InChI is InChI=1S/C11H6BrCl2F3N2O2/c1-2-21-10(20)19-5-3-4(12)6(13)7(14)8(5)18-9(19)11(15,16)17/h3H,2H2,1H3. The van der Waals surface area contributed by atoms with Crippen LogP contribution in [0.15, 0.2) is 10.5 Å². The van der Waals surface area contributed by atoms with E-state index in [-0.39, 0.29) is 32.2 Å². The second-order valence-electron chi connectivity index (χ2n) is 3.82. The van der Waals surface area contributed by atoms with Crippen molar-refractivity contribution < 1.29 is 22.7 Å². The zero-order chi connectivity index (χ0) is 15.9. The van der Waals surface area contributed by atoms with Crippen LogP contribution in [-0.4, -0.2) is 22.3 Å². The van der Waals surface area contributed by atoms with Gasteiger partial charge in [0.15, 0.2) is 0 Å². The van der Waals surface area contributed by atoms with Crippen LogP contribution < -0.4 is 0 Å². The second-order valence-corrected chi connectivity index (χ2v) is 5.43. The van der Waals surface area contributed by atoms with Crippen LogP contribution in [0.5, 0.6) is 0 Å². The van der Waals surface area contributed by atoms with Crippen LogP contribution in [0.4, 0.5) is 18.0 Å². The Morgan fingerprint density at radius 1 is 1.43 bits per heavy atom. The third-order valence-corrected chi connectivity index (χ3v) is 4.20. The number of halogens is 6. The molecular formula is C11H6BrCl2F3N2O2. The van der Waals surface area contributed by atoms with Crippen molar-refractivity contribution in [2.75, 3.05) is 6.61 Å². The van der Waals surface area contributed by atoms with Gasteiger partial charge in [-0.15, -0.1) is 0 Å². The van der Waals surface area contributed by atoms with E-state index in [9.17, 15) is 18.0 Å². The average molecular weight is 406 g/mol. The summed E-state index contributed by atoms with van der Waals surface area (Å²) in [6, 6.07) is 1.22. The summed E-state index contributed by atoms with van der Waals surface area (Å²) in [5.74, 6) is -1.42. The van der Waals surface area contributed by atoms with Crippen LogP contribution in [0.3, 0.4) is 0 Å². The van der Waals surface area contributed by atoms with Gasteiger partial charge in [-0.2, -0.15) is 13.2 Å². The van der Waals surface area contributed by atoms with Gasteiger partial charge in [0.1, 0.15) is 5.52 Å². The molecule has 0 radical (unpaired) electrons. The molecule has 2 rings (SSSR count). The highest BCUT2D eigenvalue weighted by atomic mass is 79.9. The van der Waals surface area contributed by atoms with Crippen molar-refractivity contribution in [1.29, 1.82) is 0 Å². The Morgan fingerprint density at radius 3 is 2.57 bits per heavy atom. The molecule has 4 nitrogen and oxygen atoms in total. The Morgan fingerprint density at radius 2 is 2.05 bits per heavy atom. The molecule has 1 aromatic heterocycles. The van der Waals surface area contributed by atoms with Crippen molar-refractivity contribution in [1.82, 2.24) is 9.55 Å². The van der Waals surface area contributed by atoms with E-state index in [1.54, 1.807) is 0 Å². The highest BCUT2D eigenvalue weighted by Gasteiger charge is 2.40. The molecular weight excluding hydrogens is 400 g/mol. The van der Waals surface area contributed by atoms with E-state index < -0.39 is 18.1 Å². The van der Waals surface area contributed by atoms with E-state index in [0.717, 1.165) is 0 Å². The van der Waals surface area contributed by atoms with Gasteiger partial charge in [-0.3, -0.25) is 0 Å². The molecule has 0 aliphatic rings. The number of imidazole rings is 1. The molecule has 0 saturated heterocycles. The van der Waals surface area contributed by atoms with E-state index in [2.05, 4.69) is 25.7 Å². The Balaban J connectivity index is 2.87. The zero-order valence-corrected chi connectivity index (χ0v) is 13.4. The minimum absolute atomic E-state index is 0.00593. The van der Waals surface area contributed by atoms with Crippen molar-refractivity contribution in [2.45, 2.75) is 13.1 Å². The molecule has 0 unspecified atom stereocenters. The van der Waals surface area contributed by atoms with E-state index in [4.69, 9.17) is 23.2 Å². The van der Waals surface area contributed by atoms with E-state index in [1.807, 2.05) is 0 Å². The lowest BCUT2D eigenvalue weighted by molar-refractivity contribution is -0.146. The number of ether oxygens (including phenoxy) is 1. The van der Waals surface area contributed by atoms with Gasteiger partial charge in [-0.1, -0.05) is 23.2 Å². The lowest BCUT2D eigenvalue weighted by Crippen LogP contribution is -2.22. The van der Waals surface area contributed by atoms with Crippen molar-refractivity contribution >= 4 is 56.3 Å². The smallest absolute Gasteiger partial charge is 0.449 e. The van der Waals surface area contributed by atoms with Crippen LogP contribution in [0.2, 0.25) is 10.0 Å². The van der Waals surface area contributed by atoms with Crippen LogP contribution >= 0.6 is 39.1 Å². The predicted molar refractivity (Wildman–Crippen MR) is 74.9 cm³/mol. The number of nitrogens with zero attached hydrogens (tertiary/aromatic N) is 2. The summed E-state index contributed by atoms with van der Waals surface area (Å²) in [5.41, 5.74) is -0.382. The van der Waals surface area contributed by atoms with Crippen LogP contribution in [0.25, 0.3) is 11.0 Å². The number of benzene rings is 1. The molecule has 114 valence electrons. The Labute approximate surface area is 134 Å². The van der Waals surface area contributed by atoms with Crippen LogP contribution in [0.1, 0.15) is 12.7 Å². The van der Waals surface area contributed by atoms with Gasteiger partial charge in [0.25, 0.3) is 0 Å². The third-order valence-electron chi connectivity index (χ3n) is 2.49. The maximum absolute atomic E-state index is 13.0. The topological polar surface area (TPSA) is 44.1 Å². The summed E-state index contributed by atoms with van der Waals surface area (Å²) < 4.78 is 44.3. The number of hydrogen-bond acceptors (Lipinski definition) is 3. The summed E-state index contributed by atoms with van der Waals surface area (Å²) in [6.07, 6.45) is -6.05. The zero-order valence-electron chi connectivity index (χ0n) is 10.3. The van der Waals surface area contributed by atoms with Crippen molar-refractivity contribution in [3.8, 4) is 0 Å². The fraction of sp³-hybridized carbons (Fsp3) is 0.273. The second kappa shape index (κ2) is 5.66. The molecule has 0 bridgehead atoms. The van der Waals surface area contributed by atoms with Crippen LogP contribution in [0, 0.1) is 0 Å². The van der Waals surface area contributed by atoms with E-state index in [1.165, 1.54) is 13.0 Å². The maximum atomic E-state index is 13.0. The number of carbonyl (C=O) groups is 1. The van der Waals surface area contributed by atoms with Gasteiger partial charge in [0, 0.05) is 4.47 Å². The maximum Gasteiger partial charge on any atom is 0.450 e. The fourth-order valence-corrected chi connectivity index (χ4v) is 2.60. The fourth-order valence-electron chi connectivity index (χ4n) is 1.68. The molecule has 0 amide bonds. The summed E-state index contributed by atoms with van der Waals surface area (Å²) in [5, 5.41) is -0.180. The molecule has 1 aromatic carbocycles. The molecule has 10 heteroatoms. The van der Waals surface area contributed by atoms with Crippen LogP contribution in [-0.2, 0) is 10.9 Å². The van der Waals surface area contributed by atoms with Gasteiger partial charge < -0.3 is 4.74 Å².